The van der Waals surface area contributed by atoms with Crippen molar-refractivity contribution in [2.45, 2.75) is 11.3 Å². The highest BCUT2D eigenvalue weighted by Crippen LogP contribution is 2.25. The normalized spacial score (nSPS) is 19.9. The minimum Gasteiger partial charge on any atom is -0.377 e. The Balaban J connectivity index is 2.12. The molecular weight excluding hydrogens is 248 g/mol. The van der Waals surface area contributed by atoms with Crippen LogP contribution >= 0.6 is 15.9 Å². The monoisotopic (exact) mass is 258 g/mol. The van der Waals surface area contributed by atoms with Crippen LogP contribution in [0.25, 0.3) is 0 Å². The SMILES string of the molecule is OC(Br)c1ccc(C2OCCO2)cc1. The van der Waals surface area contributed by atoms with Crippen LogP contribution in [0, 0.1) is 0 Å². The van der Waals surface area contributed by atoms with Crippen LogP contribution in [0.1, 0.15) is 22.4 Å². The van der Waals surface area contributed by atoms with Crippen LogP contribution < -0.4 is 0 Å². The van der Waals surface area contributed by atoms with E-state index in [1.54, 1.807) is 0 Å². The van der Waals surface area contributed by atoms with Crippen molar-refractivity contribution in [1.29, 1.82) is 0 Å². The molecule has 1 aliphatic heterocycles. The Labute approximate surface area is 90.8 Å². The maximum atomic E-state index is 9.23. The molecule has 1 aromatic rings. The summed E-state index contributed by atoms with van der Waals surface area (Å²) in [6.07, 6.45) is -0.239. The molecule has 0 aliphatic carbocycles. The molecule has 2 rings (SSSR count). The van der Waals surface area contributed by atoms with Gasteiger partial charge in [0.1, 0.15) is 5.01 Å². The Morgan fingerprint density at radius 3 is 2.29 bits per heavy atom. The van der Waals surface area contributed by atoms with Gasteiger partial charge in [-0.15, -0.1) is 0 Å². The number of halogens is 1. The number of aliphatic hydroxyl groups is 1. The third kappa shape index (κ3) is 2.15. The molecule has 1 fully saturated rings. The summed E-state index contributed by atoms with van der Waals surface area (Å²) in [4.78, 5) is 0. The van der Waals surface area contributed by atoms with Gasteiger partial charge in [-0.25, -0.2) is 0 Å². The van der Waals surface area contributed by atoms with Crippen LogP contribution in [0.3, 0.4) is 0 Å². The second-order valence-corrected chi connectivity index (χ2v) is 3.94. The van der Waals surface area contributed by atoms with Crippen molar-refractivity contribution >= 4 is 15.9 Å². The minimum atomic E-state index is -0.609. The second kappa shape index (κ2) is 4.40. The zero-order valence-electron chi connectivity index (χ0n) is 7.52. The Morgan fingerprint density at radius 1 is 1.21 bits per heavy atom. The highest BCUT2D eigenvalue weighted by Gasteiger charge is 2.17. The Bertz CT molecular complexity index is 291. The minimum absolute atomic E-state index is 0.239. The van der Waals surface area contributed by atoms with Crippen molar-refractivity contribution in [3.63, 3.8) is 0 Å². The molecule has 1 atom stereocenters. The molecule has 0 amide bonds. The fraction of sp³-hybridized carbons (Fsp3) is 0.400. The van der Waals surface area contributed by atoms with E-state index < -0.39 is 5.01 Å². The molecule has 0 aromatic heterocycles. The smallest absolute Gasteiger partial charge is 0.184 e. The molecule has 1 unspecified atom stereocenters. The van der Waals surface area contributed by atoms with Gasteiger partial charge in [0.2, 0.25) is 0 Å². The molecule has 1 heterocycles. The first-order chi connectivity index (χ1) is 6.77. The lowest BCUT2D eigenvalue weighted by Gasteiger charge is -2.10. The Morgan fingerprint density at radius 2 is 1.79 bits per heavy atom. The number of hydrogen-bond acceptors (Lipinski definition) is 3. The van der Waals surface area contributed by atoms with Crippen molar-refractivity contribution < 1.29 is 14.6 Å². The maximum Gasteiger partial charge on any atom is 0.184 e. The summed E-state index contributed by atoms with van der Waals surface area (Å²) in [6, 6.07) is 7.49. The predicted molar refractivity (Wildman–Crippen MR) is 55.0 cm³/mol. The second-order valence-electron chi connectivity index (χ2n) is 3.08. The van der Waals surface area contributed by atoms with Crippen LogP contribution in [0.4, 0.5) is 0 Å². The largest absolute Gasteiger partial charge is 0.377 e. The summed E-state index contributed by atoms with van der Waals surface area (Å²) in [7, 11) is 0. The van der Waals surface area contributed by atoms with Crippen molar-refractivity contribution in [3.8, 4) is 0 Å². The number of benzene rings is 1. The van der Waals surface area contributed by atoms with Crippen molar-refractivity contribution in [2.24, 2.45) is 0 Å². The van der Waals surface area contributed by atoms with E-state index in [1.165, 1.54) is 0 Å². The van der Waals surface area contributed by atoms with E-state index in [4.69, 9.17) is 9.47 Å². The van der Waals surface area contributed by atoms with Crippen LogP contribution in [0.2, 0.25) is 0 Å². The van der Waals surface area contributed by atoms with Crippen LogP contribution in [-0.4, -0.2) is 18.3 Å². The Kier molecular flexibility index (Phi) is 3.18. The van der Waals surface area contributed by atoms with E-state index in [2.05, 4.69) is 15.9 Å². The number of aliphatic hydroxyl groups excluding tert-OH is 1. The molecule has 1 N–H and O–H groups in total. The summed E-state index contributed by atoms with van der Waals surface area (Å²) < 4.78 is 10.7. The van der Waals surface area contributed by atoms with Crippen molar-refractivity contribution in [1.82, 2.24) is 0 Å². The van der Waals surface area contributed by atoms with Crippen LogP contribution in [-0.2, 0) is 9.47 Å². The summed E-state index contributed by atoms with van der Waals surface area (Å²) in [5, 5.41) is 8.62. The van der Waals surface area contributed by atoms with E-state index in [9.17, 15) is 5.11 Å². The van der Waals surface area contributed by atoms with Crippen molar-refractivity contribution in [3.05, 3.63) is 35.4 Å². The number of ether oxygens (including phenoxy) is 2. The number of hydrogen-bond donors (Lipinski definition) is 1. The molecule has 76 valence electrons. The average molecular weight is 259 g/mol. The van der Waals surface area contributed by atoms with E-state index in [0.717, 1.165) is 11.1 Å². The molecule has 14 heavy (non-hydrogen) atoms. The number of rotatable bonds is 2. The van der Waals surface area contributed by atoms with Gasteiger partial charge in [0.25, 0.3) is 0 Å². The zero-order chi connectivity index (χ0) is 9.97. The van der Waals surface area contributed by atoms with Gasteiger partial charge in [-0.05, 0) is 5.56 Å². The standard InChI is InChI=1S/C10H11BrO3/c11-9(12)7-1-3-8(4-2-7)10-13-5-6-14-10/h1-4,9-10,12H,5-6H2. The van der Waals surface area contributed by atoms with E-state index in [-0.39, 0.29) is 6.29 Å². The summed E-state index contributed by atoms with van der Waals surface area (Å²) in [6.45, 7) is 1.29. The molecule has 0 spiro atoms. The van der Waals surface area contributed by atoms with Crippen LogP contribution in [0.5, 0.6) is 0 Å². The fourth-order valence-electron chi connectivity index (χ4n) is 1.36. The third-order valence-electron chi connectivity index (χ3n) is 2.11. The highest BCUT2D eigenvalue weighted by atomic mass is 79.9. The lowest BCUT2D eigenvalue weighted by molar-refractivity contribution is -0.0441. The zero-order valence-corrected chi connectivity index (χ0v) is 9.11. The maximum absolute atomic E-state index is 9.23. The molecule has 1 saturated heterocycles. The third-order valence-corrected chi connectivity index (χ3v) is 2.63. The van der Waals surface area contributed by atoms with Gasteiger partial charge in [0.05, 0.1) is 13.2 Å². The lowest BCUT2D eigenvalue weighted by Crippen LogP contribution is -1.98. The van der Waals surface area contributed by atoms with Gasteiger partial charge in [0, 0.05) is 5.56 Å². The first-order valence-corrected chi connectivity index (χ1v) is 5.34. The molecule has 3 nitrogen and oxygen atoms in total. The Hall–Kier alpha value is -0.420. The van der Waals surface area contributed by atoms with Gasteiger partial charge >= 0.3 is 0 Å². The molecular formula is C10H11BrO3. The quantitative estimate of drug-likeness (QED) is 0.827. The molecule has 0 bridgehead atoms. The summed E-state index contributed by atoms with van der Waals surface area (Å²) >= 11 is 3.08. The summed E-state index contributed by atoms with van der Waals surface area (Å²) in [5.41, 5.74) is 1.81. The first-order valence-electron chi connectivity index (χ1n) is 4.42. The molecule has 1 aromatic carbocycles. The molecule has 0 saturated carbocycles. The summed E-state index contributed by atoms with van der Waals surface area (Å²) in [5.74, 6) is 0. The molecule has 1 aliphatic rings. The van der Waals surface area contributed by atoms with E-state index >= 15 is 0 Å². The van der Waals surface area contributed by atoms with E-state index in [1.807, 2.05) is 24.3 Å². The van der Waals surface area contributed by atoms with Crippen LogP contribution in [0.15, 0.2) is 24.3 Å². The van der Waals surface area contributed by atoms with Gasteiger partial charge in [0.15, 0.2) is 6.29 Å². The van der Waals surface area contributed by atoms with Gasteiger partial charge in [-0.1, -0.05) is 40.2 Å². The molecule has 0 radical (unpaired) electrons. The predicted octanol–water partition coefficient (Wildman–Crippen LogP) is 2.12. The van der Waals surface area contributed by atoms with E-state index in [0.29, 0.717) is 13.2 Å². The van der Waals surface area contributed by atoms with Crippen molar-refractivity contribution in [2.75, 3.05) is 13.2 Å². The fourth-order valence-corrected chi connectivity index (χ4v) is 1.67. The lowest BCUT2D eigenvalue weighted by atomic mass is 10.1. The molecule has 4 heteroatoms. The average Bonchev–Trinajstić information content (AvgIpc) is 2.71. The van der Waals surface area contributed by atoms with Gasteiger partial charge in [-0.3, -0.25) is 0 Å². The topological polar surface area (TPSA) is 38.7 Å². The highest BCUT2D eigenvalue weighted by molar-refractivity contribution is 9.09. The number of alkyl halides is 1. The van der Waals surface area contributed by atoms with Gasteiger partial charge < -0.3 is 14.6 Å². The first kappa shape index (κ1) is 10.1. The van der Waals surface area contributed by atoms with Gasteiger partial charge in [-0.2, -0.15) is 0 Å².